The van der Waals surface area contributed by atoms with Crippen LogP contribution >= 0.6 is 0 Å². The highest BCUT2D eigenvalue weighted by atomic mass is 16.5. The molecule has 5 nitrogen and oxygen atoms in total. The molecule has 2 aromatic rings. The average Bonchev–Trinajstić information content (AvgIpc) is 2.73. The van der Waals surface area contributed by atoms with Crippen LogP contribution in [0.1, 0.15) is 57.4 Å². The summed E-state index contributed by atoms with van der Waals surface area (Å²) < 4.78 is 5.07. The van der Waals surface area contributed by atoms with Crippen LogP contribution in [0.2, 0.25) is 0 Å². The summed E-state index contributed by atoms with van der Waals surface area (Å²) in [6, 6.07) is 15.4. The predicted octanol–water partition coefficient (Wildman–Crippen LogP) is 5.34. The zero-order valence-corrected chi connectivity index (χ0v) is 18.5. The van der Waals surface area contributed by atoms with Crippen LogP contribution in [-0.2, 0) is 9.59 Å². The molecule has 0 aliphatic heterocycles. The number of rotatable bonds is 6. The fraction of sp³-hybridized carbons (Fsp3) is 0.444. The van der Waals surface area contributed by atoms with Gasteiger partial charge >= 0.3 is 5.97 Å². The summed E-state index contributed by atoms with van der Waals surface area (Å²) in [6.07, 6.45) is 10.2. The largest absolute Gasteiger partial charge is 0.427 e. The van der Waals surface area contributed by atoms with E-state index in [9.17, 15) is 9.59 Å². The van der Waals surface area contributed by atoms with Gasteiger partial charge in [0.05, 0.1) is 6.21 Å². The molecule has 4 aliphatic carbocycles. The molecule has 166 valence electrons. The summed E-state index contributed by atoms with van der Waals surface area (Å²) in [7, 11) is 0. The van der Waals surface area contributed by atoms with E-state index >= 15 is 0 Å². The van der Waals surface area contributed by atoms with Crippen molar-refractivity contribution in [3.63, 3.8) is 0 Å². The van der Waals surface area contributed by atoms with Gasteiger partial charge in [-0.1, -0.05) is 36.4 Å². The van der Waals surface area contributed by atoms with Crippen LogP contribution in [0.4, 0.5) is 0 Å². The summed E-state index contributed by atoms with van der Waals surface area (Å²) in [6.45, 7) is 1.39. The average molecular weight is 431 g/mol. The molecule has 4 saturated carbocycles. The number of esters is 1. The molecule has 0 aromatic heterocycles. The van der Waals surface area contributed by atoms with Gasteiger partial charge in [0.25, 0.3) is 0 Å². The lowest BCUT2D eigenvalue weighted by Gasteiger charge is -2.56. The second-order valence-corrected chi connectivity index (χ2v) is 10.1. The summed E-state index contributed by atoms with van der Waals surface area (Å²) in [5, 5.41) is 4.21. The molecule has 0 spiro atoms. The van der Waals surface area contributed by atoms with Gasteiger partial charge in [0.1, 0.15) is 5.75 Å². The summed E-state index contributed by atoms with van der Waals surface area (Å²) in [5.41, 5.74) is 6.02. The number of hydrazone groups is 1. The van der Waals surface area contributed by atoms with Crippen LogP contribution < -0.4 is 10.2 Å². The Labute approximate surface area is 189 Å². The van der Waals surface area contributed by atoms with E-state index in [1.807, 2.05) is 36.4 Å². The number of ether oxygens (including phenoxy) is 1. The van der Waals surface area contributed by atoms with E-state index in [0.717, 1.165) is 34.4 Å². The van der Waals surface area contributed by atoms with Crippen LogP contribution in [0.3, 0.4) is 0 Å². The monoisotopic (exact) mass is 430 g/mol. The van der Waals surface area contributed by atoms with Gasteiger partial charge < -0.3 is 4.74 Å². The minimum atomic E-state index is -0.327. The summed E-state index contributed by atoms with van der Waals surface area (Å²) in [5.74, 6) is 2.82. The molecule has 1 amide bonds. The molecule has 0 heterocycles. The highest BCUT2D eigenvalue weighted by Gasteiger charge is 2.51. The third-order valence-corrected chi connectivity index (χ3v) is 7.46. The number of benzene rings is 2. The molecular formula is C27H30N2O3. The van der Waals surface area contributed by atoms with Crippen molar-refractivity contribution in [1.29, 1.82) is 0 Å². The van der Waals surface area contributed by atoms with Crippen LogP contribution in [0, 0.1) is 23.2 Å². The third kappa shape index (κ3) is 4.62. The van der Waals surface area contributed by atoms with Crippen LogP contribution in [-0.4, -0.2) is 18.1 Å². The number of carbonyl (C=O) groups excluding carboxylic acids is 2. The van der Waals surface area contributed by atoms with Gasteiger partial charge in [-0.05, 0) is 90.5 Å². The number of nitrogens with zero attached hydrogens (tertiary/aromatic N) is 1. The molecule has 32 heavy (non-hydrogen) atoms. The lowest BCUT2D eigenvalue weighted by atomic mass is 9.49. The first-order valence-corrected chi connectivity index (χ1v) is 11.7. The quantitative estimate of drug-likeness (QED) is 0.291. The van der Waals surface area contributed by atoms with Gasteiger partial charge in [0, 0.05) is 13.3 Å². The van der Waals surface area contributed by atoms with Crippen molar-refractivity contribution in [3.8, 4) is 16.9 Å². The maximum atomic E-state index is 12.6. The molecule has 6 rings (SSSR count). The van der Waals surface area contributed by atoms with Crippen molar-refractivity contribution in [2.75, 3.05) is 0 Å². The lowest BCUT2D eigenvalue weighted by Crippen LogP contribution is -2.47. The van der Waals surface area contributed by atoms with Gasteiger partial charge in [0.2, 0.25) is 5.91 Å². The minimum absolute atomic E-state index is 0.0488. The highest BCUT2D eigenvalue weighted by molar-refractivity contribution is 5.83. The zero-order valence-electron chi connectivity index (χ0n) is 18.5. The maximum absolute atomic E-state index is 12.6. The van der Waals surface area contributed by atoms with Crippen molar-refractivity contribution in [2.24, 2.45) is 28.3 Å². The molecule has 0 radical (unpaired) electrons. The van der Waals surface area contributed by atoms with Crippen LogP contribution in [0.15, 0.2) is 53.6 Å². The van der Waals surface area contributed by atoms with E-state index < -0.39 is 0 Å². The van der Waals surface area contributed by atoms with Crippen LogP contribution in [0.5, 0.6) is 5.75 Å². The van der Waals surface area contributed by atoms with E-state index in [-0.39, 0.29) is 17.3 Å². The lowest BCUT2D eigenvalue weighted by molar-refractivity contribution is -0.132. The van der Waals surface area contributed by atoms with E-state index in [1.54, 1.807) is 18.3 Å². The Hall–Kier alpha value is -2.95. The third-order valence-electron chi connectivity index (χ3n) is 7.46. The Bertz CT molecular complexity index is 989. The fourth-order valence-corrected chi connectivity index (χ4v) is 6.71. The molecule has 4 fully saturated rings. The van der Waals surface area contributed by atoms with Gasteiger partial charge in [-0.2, -0.15) is 5.10 Å². The second-order valence-electron chi connectivity index (χ2n) is 10.1. The minimum Gasteiger partial charge on any atom is -0.427 e. The SMILES string of the molecule is CC(=O)Oc1ccc(-c2ccc(/C=N/NC(=O)CC34CC5CC(CC(C5)C3)C4)cc2)cc1. The van der Waals surface area contributed by atoms with Crippen molar-refractivity contribution in [3.05, 3.63) is 54.1 Å². The van der Waals surface area contributed by atoms with E-state index in [4.69, 9.17) is 4.74 Å². The first-order chi connectivity index (χ1) is 15.5. The van der Waals surface area contributed by atoms with Gasteiger partial charge in [-0.25, -0.2) is 5.43 Å². The molecule has 4 bridgehead atoms. The molecule has 5 heteroatoms. The van der Waals surface area contributed by atoms with Crippen molar-refractivity contribution in [1.82, 2.24) is 5.43 Å². The van der Waals surface area contributed by atoms with Gasteiger partial charge in [-0.15, -0.1) is 0 Å². The van der Waals surface area contributed by atoms with E-state index in [1.165, 1.54) is 45.4 Å². The molecular weight excluding hydrogens is 400 g/mol. The Morgan fingerprint density at radius 1 is 0.938 bits per heavy atom. The number of carbonyl (C=O) groups is 2. The van der Waals surface area contributed by atoms with Crippen LogP contribution in [0.25, 0.3) is 11.1 Å². The number of amides is 1. The summed E-state index contributed by atoms with van der Waals surface area (Å²) in [4.78, 5) is 23.6. The van der Waals surface area contributed by atoms with Crippen molar-refractivity contribution < 1.29 is 14.3 Å². The molecule has 4 aliphatic rings. The fourth-order valence-electron chi connectivity index (χ4n) is 6.71. The highest BCUT2D eigenvalue weighted by Crippen LogP contribution is 2.61. The Morgan fingerprint density at radius 2 is 1.47 bits per heavy atom. The Balaban J connectivity index is 1.15. The first kappa shape index (κ1) is 20.9. The normalized spacial score (nSPS) is 28.1. The number of hydrogen-bond acceptors (Lipinski definition) is 4. The van der Waals surface area contributed by atoms with Crippen molar-refractivity contribution in [2.45, 2.75) is 51.9 Å². The molecule has 0 unspecified atom stereocenters. The molecule has 0 saturated heterocycles. The number of nitrogens with one attached hydrogen (secondary N) is 1. The van der Waals surface area contributed by atoms with Crippen molar-refractivity contribution >= 4 is 18.1 Å². The summed E-state index contributed by atoms with van der Waals surface area (Å²) >= 11 is 0. The maximum Gasteiger partial charge on any atom is 0.308 e. The topological polar surface area (TPSA) is 67.8 Å². The molecule has 0 atom stereocenters. The Morgan fingerprint density at radius 3 is 2.00 bits per heavy atom. The van der Waals surface area contributed by atoms with E-state index in [2.05, 4.69) is 10.5 Å². The predicted molar refractivity (Wildman–Crippen MR) is 124 cm³/mol. The van der Waals surface area contributed by atoms with Gasteiger partial charge in [-0.3, -0.25) is 9.59 Å². The zero-order chi connectivity index (χ0) is 22.1. The standard InChI is InChI=1S/C27H30N2O3/c1-18(30)32-25-8-6-24(7-9-25)23-4-2-19(3-5-23)17-28-29-26(31)16-27-13-20-10-21(14-27)12-22(11-20)15-27/h2-9,17,20-22H,10-16H2,1H3,(H,29,31)/b28-17+. The molecule has 2 aromatic carbocycles. The first-order valence-electron chi connectivity index (χ1n) is 11.7. The number of hydrogen-bond donors (Lipinski definition) is 1. The second kappa shape index (κ2) is 8.53. The van der Waals surface area contributed by atoms with Gasteiger partial charge in [0.15, 0.2) is 0 Å². The van der Waals surface area contributed by atoms with E-state index in [0.29, 0.717) is 12.2 Å². The Kier molecular flexibility index (Phi) is 5.58. The smallest absolute Gasteiger partial charge is 0.308 e. The molecule has 1 N–H and O–H groups in total.